The summed E-state index contributed by atoms with van der Waals surface area (Å²) < 4.78 is 5.74. The van der Waals surface area contributed by atoms with E-state index < -0.39 is 23.1 Å². The largest absolute Gasteiger partial charge is 0.507 e. The third-order valence-electron chi connectivity index (χ3n) is 6.67. The molecule has 2 aromatic carbocycles. The van der Waals surface area contributed by atoms with Gasteiger partial charge in [0.15, 0.2) is 5.54 Å². The average Bonchev–Trinajstić information content (AvgIpc) is 3.45. The zero-order valence-electron chi connectivity index (χ0n) is 18.0. The highest BCUT2D eigenvalue weighted by Crippen LogP contribution is 2.53. The van der Waals surface area contributed by atoms with Crippen LogP contribution in [0.5, 0.6) is 0 Å². The van der Waals surface area contributed by atoms with Crippen LogP contribution in [0.1, 0.15) is 29.5 Å². The predicted octanol–water partition coefficient (Wildman–Crippen LogP) is 2.73. The van der Waals surface area contributed by atoms with E-state index in [9.17, 15) is 19.5 Å². The fourth-order valence-electron chi connectivity index (χ4n) is 5.07. The minimum atomic E-state index is -1.72. The number of anilines is 1. The van der Waals surface area contributed by atoms with Gasteiger partial charge in [0.2, 0.25) is 0 Å². The molecule has 7 heteroatoms. The maximum absolute atomic E-state index is 13.9. The van der Waals surface area contributed by atoms with Crippen molar-refractivity contribution in [2.45, 2.75) is 31.4 Å². The number of fused-ring (bicyclic) bond motifs is 2. The first-order chi connectivity index (χ1) is 15.4. The molecule has 2 fully saturated rings. The SMILES string of the molecule is Cc1ccc(/C(O)=C2/C(=O)C(=O)N(CC3CCCO3)C23C(=O)N(C)c2ccccc23)cc1. The van der Waals surface area contributed by atoms with E-state index in [1.54, 1.807) is 55.6 Å². The number of amides is 2. The van der Waals surface area contributed by atoms with Gasteiger partial charge in [-0.2, -0.15) is 0 Å². The number of aryl methyl sites for hydroxylation is 1. The first-order valence-electron chi connectivity index (χ1n) is 10.7. The number of nitrogens with zero attached hydrogens (tertiary/aromatic N) is 2. The van der Waals surface area contributed by atoms with Crippen LogP contribution < -0.4 is 4.90 Å². The molecular weight excluding hydrogens is 408 g/mol. The van der Waals surface area contributed by atoms with E-state index in [1.165, 1.54) is 9.80 Å². The number of rotatable bonds is 3. The fraction of sp³-hybridized carbons (Fsp3) is 0.320. The molecule has 2 aromatic rings. The molecule has 32 heavy (non-hydrogen) atoms. The Hall–Kier alpha value is -3.45. The molecule has 1 N–H and O–H groups in total. The summed E-state index contributed by atoms with van der Waals surface area (Å²) in [5.74, 6) is -2.45. The molecule has 164 valence electrons. The van der Waals surface area contributed by atoms with Crippen LogP contribution in [-0.4, -0.2) is 53.9 Å². The zero-order valence-corrected chi connectivity index (χ0v) is 18.0. The van der Waals surface area contributed by atoms with Crippen LogP contribution in [0.2, 0.25) is 0 Å². The van der Waals surface area contributed by atoms with Gasteiger partial charge in [0.1, 0.15) is 5.76 Å². The topological polar surface area (TPSA) is 87.1 Å². The lowest BCUT2D eigenvalue weighted by Crippen LogP contribution is -2.53. The summed E-state index contributed by atoms with van der Waals surface area (Å²) in [5, 5.41) is 11.3. The van der Waals surface area contributed by atoms with E-state index in [1.807, 2.05) is 6.92 Å². The highest BCUT2D eigenvalue weighted by molar-refractivity contribution is 6.50. The van der Waals surface area contributed by atoms with Gasteiger partial charge in [0, 0.05) is 37.0 Å². The standard InChI is InChI=1S/C25H24N2O5/c1-15-9-11-16(12-10-15)21(28)20-22(29)23(30)27(14-17-6-5-13-32-17)25(20)18-7-3-4-8-19(18)26(2)24(25)31/h3-4,7-12,17,28H,5-6,13-14H2,1-2H3/b21-20+. The number of para-hydroxylation sites is 1. The molecule has 0 saturated carbocycles. The Morgan fingerprint density at radius 1 is 1.12 bits per heavy atom. The van der Waals surface area contributed by atoms with Crippen molar-refractivity contribution in [2.75, 3.05) is 25.1 Å². The number of hydrogen-bond acceptors (Lipinski definition) is 5. The number of carbonyl (C=O) groups is 3. The maximum atomic E-state index is 13.9. The molecule has 2 saturated heterocycles. The molecular formula is C25H24N2O5. The summed E-state index contributed by atoms with van der Waals surface area (Å²) in [6.07, 6.45) is 1.33. The number of likely N-dealkylation sites (tertiary alicyclic amines) is 1. The molecule has 2 unspecified atom stereocenters. The van der Waals surface area contributed by atoms with Crippen LogP contribution in [0.15, 0.2) is 54.1 Å². The Balaban J connectivity index is 1.79. The number of aliphatic hydroxyl groups is 1. The van der Waals surface area contributed by atoms with Gasteiger partial charge in [0.05, 0.1) is 11.7 Å². The number of carbonyl (C=O) groups excluding carboxylic acids is 3. The average molecular weight is 432 g/mol. The minimum Gasteiger partial charge on any atom is -0.507 e. The van der Waals surface area contributed by atoms with E-state index in [2.05, 4.69) is 0 Å². The second-order valence-corrected chi connectivity index (χ2v) is 8.56. The van der Waals surface area contributed by atoms with Gasteiger partial charge in [-0.25, -0.2) is 0 Å². The third kappa shape index (κ3) is 2.67. The molecule has 7 nitrogen and oxygen atoms in total. The molecule has 5 rings (SSSR count). The number of hydrogen-bond donors (Lipinski definition) is 1. The van der Waals surface area contributed by atoms with Gasteiger partial charge < -0.3 is 19.6 Å². The van der Waals surface area contributed by atoms with Crippen molar-refractivity contribution in [3.8, 4) is 0 Å². The first-order valence-corrected chi connectivity index (χ1v) is 10.7. The second-order valence-electron chi connectivity index (χ2n) is 8.56. The van der Waals surface area contributed by atoms with Crippen LogP contribution >= 0.6 is 0 Å². The van der Waals surface area contributed by atoms with Crippen molar-refractivity contribution in [2.24, 2.45) is 0 Å². The first kappa shape index (κ1) is 20.5. The Morgan fingerprint density at radius 2 is 1.84 bits per heavy atom. The monoisotopic (exact) mass is 432 g/mol. The Kier molecular flexibility index (Phi) is 4.67. The lowest BCUT2D eigenvalue weighted by molar-refractivity contribution is -0.145. The summed E-state index contributed by atoms with van der Waals surface area (Å²) in [4.78, 5) is 43.3. The molecule has 3 heterocycles. The van der Waals surface area contributed by atoms with Crippen LogP contribution in [0.25, 0.3) is 5.76 Å². The van der Waals surface area contributed by atoms with Crippen LogP contribution in [0.3, 0.4) is 0 Å². The van der Waals surface area contributed by atoms with E-state index in [4.69, 9.17) is 4.74 Å². The Labute approximate surface area is 185 Å². The van der Waals surface area contributed by atoms with Gasteiger partial charge >= 0.3 is 0 Å². The lowest BCUT2D eigenvalue weighted by Gasteiger charge is -2.35. The Bertz CT molecular complexity index is 1160. The minimum absolute atomic E-state index is 0.100. The van der Waals surface area contributed by atoms with Crippen molar-refractivity contribution in [3.63, 3.8) is 0 Å². The summed E-state index contributed by atoms with van der Waals surface area (Å²) in [6.45, 7) is 2.59. The molecule has 0 radical (unpaired) electrons. The molecule has 0 aromatic heterocycles. The molecule has 3 aliphatic rings. The number of aliphatic hydroxyl groups excluding tert-OH is 1. The van der Waals surface area contributed by atoms with Crippen molar-refractivity contribution in [1.82, 2.24) is 4.90 Å². The van der Waals surface area contributed by atoms with E-state index >= 15 is 0 Å². The van der Waals surface area contributed by atoms with Gasteiger partial charge in [-0.15, -0.1) is 0 Å². The summed E-state index contributed by atoms with van der Waals surface area (Å²) in [7, 11) is 1.62. The van der Waals surface area contributed by atoms with Crippen molar-refractivity contribution >= 4 is 29.0 Å². The number of Topliss-reactive ketones (excluding diaryl/α,β-unsaturated/α-hetero) is 1. The van der Waals surface area contributed by atoms with Crippen molar-refractivity contribution in [1.29, 1.82) is 0 Å². The number of benzene rings is 2. The van der Waals surface area contributed by atoms with Crippen LogP contribution in [0, 0.1) is 6.92 Å². The van der Waals surface area contributed by atoms with Crippen molar-refractivity contribution < 1.29 is 24.2 Å². The number of ketones is 1. The zero-order chi connectivity index (χ0) is 22.6. The fourth-order valence-corrected chi connectivity index (χ4v) is 5.07. The quantitative estimate of drug-likeness (QED) is 0.458. The molecule has 1 spiro atoms. The molecule has 2 amide bonds. The van der Waals surface area contributed by atoms with Gasteiger partial charge in [-0.05, 0) is 25.8 Å². The number of ether oxygens (including phenoxy) is 1. The summed E-state index contributed by atoms with van der Waals surface area (Å²) in [5.41, 5.74) is 0.568. The predicted molar refractivity (Wildman–Crippen MR) is 118 cm³/mol. The van der Waals surface area contributed by atoms with E-state index in [0.29, 0.717) is 23.4 Å². The van der Waals surface area contributed by atoms with E-state index in [0.717, 1.165) is 18.4 Å². The summed E-state index contributed by atoms with van der Waals surface area (Å²) >= 11 is 0. The van der Waals surface area contributed by atoms with Gasteiger partial charge in [-0.1, -0.05) is 48.0 Å². The van der Waals surface area contributed by atoms with E-state index in [-0.39, 0.29) is 24.0 Å². The molecule has 0 bridgehead atoms. The van der Waals surface area contributed by atoms with Crippen molar-refractivity contribution in [3.05, 3.63) is 70.8 Å². The van der Waals surface area contributed by atoms with Gasteiger partial charge in [0.25, 0.3) is 17.6 Å². The molecule has 2 atom stereocenters. The second kappa shape index (κ2) is 7.31. The molecule has 3 aliphatic heterocycles. The lowest BCUT2D eigenvalue weighted by atomic mass is 9.81. The van der Waals surface area contributed by atoms with Crippen LogP contribution in [-0.2, 0) is 24.7 Å². The third-order valence-corrected chi connectivity index (χ3v) is 6.67. The highest BCUT2D eigenvalue weighted by Gasteiger charge is 2.66. The van der Waals surface area contributed by atoms with Crippen LogP contribution in [0.4, 0.5) is 5.69 Å². The smallest absolute Gasteiger partial charge is 0.296 e. The number of likely N-dealkylation sites (N-methyl/N-ethyl adjacent to an activating group) is 1. The van der Waals surface area contributed by atoms with Gasteiger partial charge in [-0.3, -0.25) is 14.4 Å². The normalized spacial score (nSPS) is 26.4. The summed E-state index contributed by atoms with van der Waals surface area (Å²) in [6, 6.07) is 14.1. The maximum Gasteiger partial charge on any atom is 0.296 e. The highest BCUT2D eigenvalue weighted by atomic mass is 16.5. The Morgan fingerprint density at radius 3 is 2.53 bits per heavy atom. The molecule has 0 aliphatic carbocycles.